The summed E-state index contributed by atoms with van der Waals surface area (Å²) in [7, 11) is 0.726. The van der Waals surface area contributed by atoms with Crippen molar-refractivity contribution >= 4 is 10.0 Å². The molecular formula is C25H26N2O7S. The maximum absolute atomic E-state index is 13.5. The summed E-state index contributed by atoms with van der Waals surface area (Å²) in [4.78, 5) is 0.183. The van der Waals surface area contributed by atoms with Gasteiger partial charge in [-0.2, -0.15) is 4.31 Å². The molecule has 35 heavy (non-hydrogen) atoms. The number of hydrogen-bond donors (Lipinski definition) is 0. The predicted octanol–water partition coefficient (Wildman–Crippen LogP) is 4.66. The first-order valence-corrected chi connectivity index (χ1v) is 12.1. The van der Waals surface area contributed by atoms with Gasteiger partial charge in [0.15, 0.2) is 17.3 Å². The summed E-state index contributed by atoms with van der Waals surface area (Å²) in [5.74, 6) is 2.30. The lowest BCUT2D eigenvalue weighted by Gasteiger charge is -2.20. The molecule has 4 aromatic rings. The van der Waals surface area contributed by atoms with Gasteiger partial charge in [0.1, 0.15) is 5.76 Å². The molecule has 0 saturated heterocycles. The van der Waals surface area contributed by atoms with Gasteiger partial charge in [-0.05, 0) is 43.3 Å². The number of hydrogen-bond acceptors (Lipinski definition) is 8. The van der Waals surface area contributed by atoms with Crippen LogP contribution in [-0.2, 0) is 23.1 Å². The van der Waals surface area contributed by atoms with Crippen LogP contribution < -0.4 is 14.2 Å². The van der Waals surface area contributed by atoms with Gasteiger partial charge < -0.3 is 23.2 Å². The Morgan fingerprint density at radius 1 is 0.914 bits per heavy atom. The molecular weight excluding hydrogens is 472 g/mol. The molecule has 0 radical (unpaired) electrons. The first-order chi connectivity index (χ1) is 16.8. The van der Waals surface area contributed by atoms with E-state index in [4.69, 9.17) is 23.2 Å². The molecule has 0 fully saturated rings. The molecule has 4 rings (SSSR count). The van der Waals surface area contributed by atoms with E-state index in [0.717, 1.165) is 5.56 Å². The van der Waals surface area contributed by atoms with Crippen LogP contribution in [0, 0.1) is 6.92 Å². The summed E-state index contributed by atoms with van der Waals surface area (Å²) >= 11 is 0. The number of rotatable bonds is 10. The van der Waals surface area contributed by atoms with E-state index >= 15 is 0 Å². The Bertz CT molecular complexity index is 1350. The summed E-state index contributed by atoms with van der Waals surface area (Å²) in [6.45, 7) is 1.91. The van der Waals surface area contributed by atoms with Crippen LogP contribution in [-0.4, -0.2) is 39.2 Å². The van der Waals surface area contributed by atoms with Crippen LogP contribution >= 0.6 is 0 Å². The molecule has 0 saturated carbocycles. The van der Waals surface area contributed by atoms with E-state index in [0.29, 0.717) is 40.0 Å². The second kappa shape index (κ2) is 10.2. The van der Waals surface area contributed by atoms with Crippen LogP contribution in [0.5, 0.6) is 17.2 Å². The number of sulfonamides is 1. The largest absolute Gasteiger partial charge is 0.493 e. The van der Waals surface area contributed by atoms with E-state index < -0.39 is 10.0 Å². The highest BCUT2D eigenvalue weighted by Crippen LogP contribution is 2.41. The van der Waals surface area contributed by atoms with Gasteiger partial charge in [0.2, 0.25) is 15.8 Å². The van der Waals surface area contributed by atoms with Crippen LogP contribution in [0.25, 0.3) is 11.3 Å². The summed E-state index contributed by atoms with van der Waals surface area (Å²) in [5.41, 5.74) is 2.03. The molecule has 2 heterocycles. The first-order valence-electron chi connectivity index (χ1n) is 10.7. The SMILES string of the molecule is COc1cc(-c2cc(CN(Cc3ccco3)S(=O)(=O)c3ccc(C)cc3)no2)cc(OC)c1OC. The molecule has 2 aromatic heterocycles. The number of nitrogens with zero attached hydrogens (tertiary/aromatic N) is 2. The van der Waals surface area contributed by atoms with Crippen molar-refractivity contribution in [3.8, 4) is 28.6 Å². The van der Waals surface area contributed by atoms with Gasteiger partial charge in [-0.25, -0.2) is 8.42 Å². The minimum Gasteiger partial charge on any atom is -0.493 e. The third kappa shape index (κ3) is 5.18. The summed E-state index contributed by atoms with van der Waals surface area (Å²) in [6, 6.07) is 15.3. The van der Waals surface area contributed by atoms with Crippen molar-refractivity contribution in [3.05, 3.63) is 77.9 Å². The molecule has 184 valence electrons. The molecule has 0 spiro atoms. The van der Waals surface area contributed by atoms with Gasteiger partial charge in [0.25, 0.3) is 0 Å². The van der Waals surface area contributed by atoms with Crippen LogP contribution in [0.4, 0.5) is 0 Å². The van der Waals surface area contributed by atoms with Crippen LogP contribution in [0.3, 0.4) is 0 Å². The third-order valence-electron chi connectivity index (χ3n) is 5.42. The molecule has 0 atom stereocenters. The Labute approximate surface area is 203 Å². The lowest BCUT2D eigenvalue weighted by atomic mass is 10.1. The highest BCUT2D eigenvalue weighted by molar-refractivity contribution is 7.89. The normalized spacial score (nSPS) is 11.6. The van der Waals surface area contributed by atoms with Crippen molar-refractivity contribution in [2.45, 2.75) is 24.9 Å². The van der Waals surface area contributed by atoms with Gasteiger partial charge in [0, 0.05) is 11.6 Å². The second-order valence-electron chi connectivity index (χ2n) is 7.76. The molecule has 0 bridgehead atoms. The third-order valence-corrected chi connectivity index (χ3v) is 7.22. The van der Waals surface area contributed by atoms with Gasteiger partial charge >= 0.3 is 0 Å². The lowest BCUT2D eigenvalue weighted by Crippen LogP contribution is -2.30. The molecule has 0 aliphatic heterocycles. The van der Waals surface area contributed by atoms with Gasteiger partial charge in [-0.3, -0.25) is 0 Å². The number of ether oxygens (including phenoxy) is 3. The van der Waals surface area contributed by atoms with Crippen molar-refractivity contribution in [2.24, 2.45) is 0 Å². The fourth-order valence-corrected chi connectivity index (χ4v) is 4.97. The summed E-state index contributed by atoms with van der Waals surface area (Å²) < 4.78 is 55.4. The molecule has 0 amide bonds. The van der Waals surface area contributed by atoms with Gasteiger partial charge in [-0.1, -0.05) is 22.9 Å². The van der Waals surface area contributed by atoms with E-state index in [1.807, 2.05) is 6.92 Å². The average Bonchev–Trinajstić information content (AvgIpc) is 3.55. The Kier molecular flexibility index (Phi) is 7.13. The molecule has 0 N–H and O–H groups in total. The van der Waals surface area contributed by atoms with E-state index in [-0.39, 0.29) is 18.0 Å². The highest BCUT2D eigenvalue weighted by Gasteiger charge is 2.27. The van der Waals surface area contributed by atoms with Crippen molar-refractivity contribution in [1.82, 2.24) is 9.46 Å². The molecule has 10 heteroatoms. The van der Waals surface area contributed by atoms with Gasteiger partial charge in [-0.15, -0.1) is 0 Å². The Hall–Kier alpha value is -3.76. The van der Waals surface area contributed by atoms with Crippen LogP contribution in [0.2, 0.25) is 0 Å². The second-order valence-corrected chi connectivity index (χ2v) is 9.70. The van der Waals surface area contributed by atoms with Crippen molar-refractivity contribution in [1.29, 1.82) is 0 Å². The van der Waals surface area contributed by atoms with E-state index in [9.17, 15) is 8.42 Å². The standard InChI is InChI=1S/C25H26N2O7S/c1-17-7-9-21(10-8-17)35(28,29)27(16-20-6-5-11-33-20)15-19-14-22(34-26-19)18-12-23(30-2)25(32-4)24(13-18)31-3/h5-14H,15-16H2,1-4H3. The Balaban J connectivity index is 1.67. The molecule has 0 aliphatic carbocycles. The zero-order valence-corrected chi connectivity index (χ0v) is 20.7. The quantitative estimate of drug-likeness (QED) is 0.311. The Morgan fingerprint density at radius 3 is 2.17 bits per heavy atom. The van der Waals surface area contributed by atoms with Gasteiger partial charge in [0.05, 0.1) is 51.3 Å². The zero-order chi connectivity index (χ0) is 25.0. The smallest absolute Gasteiger partial charge is 0.243 e. The van der Waals surface area contributed by atoms with Crippen molar-refractivity contribution in [3.63, 3.8) is 0 Å². The molecule has 0 unspecified atom stereocenters. The number of methoxy groups -OCH3 is 3. The van der Waals surface area contributed by atoms with Crippen LogP contribution in [0.15, 0.2) is 74.7 Å². The molecule has 9 nitrogen and oxygen atoms in total. The fourth-order valence-electron chi connectivity index (χ4n) is 3.59. The maximum Gasteiger partial charge on any atom is 0.243 e. The number of aromatic nitrogens is 1. The Morgan fingerprint density at radius 2 is 1.60 bits per heavy atom. The van der Waals surface area contributed by atoms with Crippen molar-refractivity contribution in [2.75, 3.05) is 21.3 Å². The number of furan rings is 1. The number of aryl methyl sites for hydroxylation is 1. The van der Waals surface area contributed by atoms with Crippen molar-refractivity contribution < 1.29 is 31.6 Å². The number of benzene rings is 2. The monoisotopic (exact) mass is 498 g/mol. The average molecular weight is 499 g/mol. The minimum atomic E-state index is -3.84. The fraction of sp³-hybridized carbons (Fsp3) is 0.240. The summed E-state index contributed by atoms with van der Waals surface area (Å²) in [5, 5.41) is 4.11. The van der Waals surface area contributed by atoms with E-state index in [1.54, 1.807) is 54.6 Å². The van der Waals surface area contributed by atoms with E-state index in [1.165, 1.54) is 31.9 Å². The first kappa shape index (κ1) is 24.4. The van der Waals surface area contributed by atoms with E-state index in [2.05, 4.69) is 5.16 Å². The highest BCUT2D eigenvalue weighted by atomic mass is 32.2. The summed E-state index contributed by atoms with van der Waals surface area (Å²) in [6.07, 6.45) is 1.50. The molecule has 2 aromatic carbocycles. The maximum atomic E-state index is 13.5. The zero-order valence-electron chi connectivity index (χ0n) is 19.8. The topological polar surface area (TPSA) is 104 Å². The van der Waals surface area contributed by atoms with Crippen LogP contribution in [0.1, 0.15) is 17.0 Å². The minimum absolute atomic E-state index is 0.0230. The lowest BCUT2D eigenvalue weighted by molar-refractivity contribution is 0.324. The molecule has 0 aliphatic rings. The predicted molar refractivity (Wildman–Crippen MR) is 128 cm³/mol.